The van der Waals surface area contributed by atoms with E-state index in [2.05, 4.69) is 4.74 Å². The first kappa shape index (κ1) is 37.2. The molecule has 1 N–H and O–H groups in total. The Labute approximate surface area is 163 Å². The largest absolute Gasteiger partial charge is 1.00 e. The summed E-state index contributed by atoms with van der Waals surface area (Å²) in [5.41, 5.74) is 0. The van der Waals surface area contributed by atoms with Crippen LogP contribution >= 0.6 is 0 Å². The van der Waals surface area contributed by atoms with E-state index >= 15 is 0 Å². The number of esters is 1. The van der Waals surface area contributed by atoms with E-state index in [0.29, 0.717) is 0 Å². The molecule has 0 aromatic heterocycles. The van der Waals surface area contributed by atoms with Gasteiger partial charge in [0.15, 0.2) is 0 Å². The van der Waals surface area contributed by atoms with Gasteiger partial charge in [-0.15, -0.1) is 0 Å². The van der Waals surface area contributed by atoms with Crippen LogP contribution in [-0.2, 0) is 14.3 Å². The molecule has 0 aliphatic carbocycles. The summed E-state index contributed by atoms with van der Waals surface area (Å²) in [4.78, 5) is 20.5. The molecule has 0 saturated carbocycles. The van der Waals surface area contributed by atoms with Gasteiger partial charge in [0.25, 0.3) is 0 Å². The smallest absolute Gasteiger partial charge is 1.00 e. The van der Waals surface area contributed by atoms with Crippen molar-refractivity contribution in [1.82, 2.24) is 0 Å². The second-order valence-corrected chi connectivity index (χ2v) is 3.36. The molecule has 0 radical (unpaired) electrons. The van der Waals surface area contributed by atoms with Crippen molar-refractivity contribution in [2.45, 2.75) is 6.92 Å². The normalized spacial score (nSPS) is 11.0. The van der Waals surface area contributed by atoms with Gasteiger partial charge in [0.05, 0.1) is 0 Å². The van der Waals surface area contributed by atoms with Gasteiger partial charge in [-0.2, -0.15) is 0 Å². The van der Waals surface area contributed by atoms with Crippen LogP contribution in [-0.4, -0.2) is 45.4 Å². The van der Waals surface area contributed by atoms with Crippen molar-refractivity contribution in [3.05, 3.63) is 24.3 Å². The third kappa shape index (κ3) is 190. The number of carboxylic acids is 1. The third-order valence-electron chi connectivity index (χ3n) is 0.920. The molecule has 164 valence electrons. The number of aliphatic carboxylic acids is 1. The third-order valence-corrected chi connectivity index (χ3v) is 0.920. The maximum absolute atomic E-state index is 10.6. The summed E-state index contributed by atoms with van der Waals surface area (Å²) in [6, 6.07) is 0. The maximum Gasteiger partial charge on any atom is 1.00 e. The second-order valence-electron chi connectivity index (χ2n) is 3.36. The van der Waals surface area contributed by atoms with Crippen molar-refractivity contribution >= 4 is 33.7 Å². The minimum Gasteiger partial charge on any atom is -1.00 e. The van der Waals surface area contributed by atoms with Crippen molar-refractivity contribution < 1.29 is 91.5 Å². The van der Waals surface area contributed by atoms with Crippen LogP contribution in [0.2, 0.25) is 0 Å². The molecule has 0 aliphatic rings. The predicted molar refractivity (Wildman–Crippen MR) is 74.2 cm³/mol. The Morgan fingerprint density at radius 1 is 0.821 bits per heavy atom. The minimum absolute atomic E-state index is 0. The van der Waals surface area contributed by atoms with Crippen LogP contribution < -0.4 is 18.9 Å². The molecule has 0 heterocycles. The van der Waals surface area contributed by atoms with Crippen molar-refractivity contribution in [2.24, 2.45) is 0 Å². The summed E-state index contributed by atoms with van der Waals surface area (Å²) < 4.78 is 122. The fourth-order valence-electron chi connectivity index (χ4n) is 0.414. The topological polar surface area (TPSA) is 63.6 Å². The van der Waals surface area contributed by atoms with E-state index in [1.807, 2.05) is 0 Å². The van der Waals surface area contributed by atoms with E-state index < -0.39 is 33.7 Å². The van der Waals surface area contributed by atoms with Gasteiger partial charge in [0.2, 0.25) is 0 Å². The number of carbonyl (C=O) groups is 2. The van der Waals surface area contributed by atoms with E-state index in [-0.39, 0.29) is 26.9 Å². The van der Waals surface area contributed by atoms with Crippen LogP contribution in [0.4, 0.5) is 51.8 Å². The van der Waals surface area contributed by atoms with Gasteiger partial charge < -0.3 is 63.1 Å². The first-order valence-electron chi connectivity index (χ1n) is 5.97. The summed E-state index contributed by atoms with van der Waals surface area (Å²) in [5, 5.41) is 8.13. The fraction of sp³-hybridized carbons (Fsp3) is 0.250. The molecule has 0 unspecified atom stereocenters. The number of carbonyl (C=O) groups excluding carboxylic acids is 1. The van der Waals surface area contributed by atoms with Crippen LogP contribution in [0.25, 0.3) is 0 Å². The zero-order valence-electron chi connectivity index (χ0n) is 15.0. The SMILES string of the molecule is CC=CCOC(=O)/C=C\C(=O)O.F[B-](F)(F)F.F[B-](F)(F)F.F[B-](F)(F)F.[H-].[Li+]. The number of allylic oxidation sites excluding steroid dienone is 1. The van der Waals surface area contributed by atoms with Gasteiger partial charge in [0.1, 0.15) is 6.61 Å². The Morgan fingerprint density at radius 2 is 1.11 bits per heavy atom. The Balaban J connectivity index is -0.0000000660. The van der Waals surface area contributed by atoms with Gasteiger partial charge >= 0.3 is 52.6 Å². The Kier molecular flexibility index (Phi) is 24.9. The summed E-state index contributed by atoms with van der Waals surface area (Å²) in [5.74, 6) is -1.83. The Morgan fingerprint density at radius 3 is 1.32 bits per heavy atom. The average molecular weight is 439 g/mol. The number of hydrogen-bond acceptors (Lipinski definition) is 3. The molecule has 20 heteroatoms. The van der Waals surface area contributed by atoms with Crippen molar-refractivity contribution in [3.8, 4) is 0 Å². The van der Waals surface area contributed by atoms with Crippen LogP contribution in [0, 0.1) is 0 Å². The standard InChI is InChI=1S/C8H10O4.3BF4.Li.H/c1-2-3-6-12-8(11)5-4-7(9)10;3*2-1(3,4)5;;/h2-5H,6H2,1H3,(H,9,10);;;;;/q;3*-1;+1;-1/b3-2?,5-4-;;;;;. The Bertz CT molecular complexity index is 423. The van der Waals surface area contributed by atoms with Gasteiger partial charge in [-0.1, -0.05) is 12.2 Å². The van der Waals surface area contributed by atoms with E-state index in [0.717, 1.165) is 12.2 Å². The predicted octanol–water partition coefficient (Wildman–Crippen LogP) is 1.76. The zero-order chi connectivity index (χ0) is 22.9. The van der Waals surface area contributed by atoms with Gasteiger partial charge in [-0.25, -0.2) is 9.59 Å². The quantitative estimate of drug-likeness (QED) is 0.239. The molecule has 0 saturated heterocycles. The van der Waals surface area contributed by atoms with Crippen molar-refractivity contribution in [2.75, 3.05) is 6.61 Å². The van der Waals surface area contributed by atoms with Gasteiger partial charge in [-0.3, -0.25) is 0 Å². The molecule has 4 nitrogen and oxygen atoms in total. The average Bonchev–Trinajstić information content (AvgIpc) is 2.30. The second kappa shape index (κ2) is 18.7. The molecule has 0 spiro atoms. The summed E-state index contributed by atoms with van der Waals surface area (Å²) >= 11 is 0. The van der Waals surface area contributed by atoms with E-state index in [1.165, 1.54) is 0 Å². The minimum atomic E-state index is -6.00. The van der Waals surface area contributed by atoms with Crippen LogP contribution in [0.1, 0.15) is 8.35 Å². The van der Waals surface area contributed by atoms with Crippen molar-refractivity contribution in [3.63, 3.8) is 0 Å². The molecule has 0 amide bonds. The zero-order valence-corrected chi connectivity index (χ0v) is 14.0. The van der Waals surface area contributed by atoms with E-state index in [1.54, 1.807) is 19.1 Å². The molecule has 0 bridgehead atoms. The number of hydrogen-bond donors (Lipinski definition) is 1. The summed E-state index contributed by atoms with van der Waals surface area (Å²) in [6.45, 7) is 1.96. The van der Waals surface area contributed by atoms with E-state index in [9.17, 15) is 61.4 Å². The van der Waals surface area contributed by atoms with Crippen LogP contribution in [0.15, 0.2) is 24.3 Å². The molecule has 28 heavy (non-hydrogen) atoms. The summed E-state index contributed by atoms with van der Waals surface area (Å²) in [6.07, 6.45) is 4.98. The molecular weight excluding hydrogens is 427 g/mol. The van der Waals surface area contributed by atoms with Crippen molar-refractivity contribution in [1.29, 1.82) is 0 Å². The van der Waals surface area contributed by atoms with Crippen LogP contribution in [0.5, 0.6) is 0 Å². The van der Waals surface area contributed by atoms with E-state index in [4.69, 9.17) is 5.11 Å². The summed E-state index contributed by atoms with van der Waals surface area (Å²) in [7, 11) is -18.0. The number of ether oxygens (including phenoxy) is 1. The Hall–Kier alpha value is -1.63. The number of rotatable bonds is 4. The first-order chi connectivity index (χ1) is 11.7. The first-order valence-corrected chi connectivity index (χ1v) is 5.97. The molecule has 0 rings (SSSR count). The molecule has 0 aromatic carbocycles. The monoisotopic (exact) mass is 439 g/mol. The van der Waals surface area contributed by atoms with Gasteiger partial charge in [-0.05, 0) is 6.92 Å². The molecular formula is C8H11B3F12LiO4-3. The maximum atomic E-state index is 10.6. The molecule has 0 fully saturated rings. The number of carboxylic acid groups (broad SMARTS) is 1. The van der Waals surface area contributed by atoms with Crippen LogP contribution in [0.3, 0.4) is 0 Å². The fourth-order valence-corrected chi connectivity index (χ4v) is 0.414. The molecule has 0 atom stereocenters. The molecule has 0 aromatic rings. The molecule has 0 aliphatic heterocycles. The van der Waals surface area contributed by atoms with Gasteiger partial charge in [0, 0.05) is 12.2 Å². The number of halogens is 12.